The average Bonchev–Trinajstić information content (AvgIpc) is 2.84. The predicted molar refractivity (Wildman–Crippen MR) is 135 cm³/mol. The number of ether oxygens (including phenoxy) is 2. The van der Waals surface area contributed by atoms with E-state index in [-0.39, 0.29) is 34.7 Å². The van der Waals surface area contributed by atoms with E-state index in [0.29, 0.717) is 13.0 Å². The maximum absolute atomic E-state index is 15.4. The molecule has 0 spiro atoms. The normalized spacial score (nSPS) is 25.4. The second-order valence-electron chi connectivity index (χ2n) is 10.2. The van der Waals surface area contributed by atoms with Crippen LogP contribution in [0.15, 0.2) is 30.6 Å². The fourth-order valence-corrected chi connectivity index (χ4v) is 6.14. The van der Waals surface area contributed by atoms with E-state index in [0.717, 1.165) is 12.4 Å². The summed E-state index contributed by atoms with van der Waals surface area (Å²) in [7, 11) is 0. The van der Waals surface area contributed by atoms with Crippen LogP contribution in [-0.2, 0) is 15.0 Å². The van der Waals surface area contributed by atoms with Gasteiger partial charge < -0.3 is 14.8 Å². The number of thioether (sulfide) groups is 1. The molecule has 2 saturated heterocycles. The van der Waals surface area contributed by atoms with E-state index in [2.05, 4.69) is 25.9 Å². The van der Waals surface area contributed by atoms with Crippen molar-refractivity contribution in [2.24, 2.45) is 5.92 Å². The number of carbonyl (C=O) groups is 2. The highest BCUT2D eigenvalue weighted by atomic mass is 32.2. The number of hydrogen-bond acceptors (Lipinski definition) is 8. The molecule has 2 amide bonds. The summed E-state index contributed by atoms with van der Waals surface area (Å²) in [6.45, 7) is 7.95. The van der Waals surface area contributed by atoms with Gasteiger partial charge in [0.25, 0.3) is 12.3 Å². The Bertz CT molecular complexity index is 1180. The lowest BCUT2D eigenvalue weighted by molar-refractivity contribution is -0.0321. The number of aromatic nitrogens is 2. The summed E-state index contributed by atoms with van der Waals surface area (Å²) in [5.41, 5.74) is -2.47. The van der Waals surface area contributed by atoms with Crippen molar-refractivity contribution in [2.75, 3.05) is 18.5 Å². The third-order valence-electron chi connectivity index (χ3n) is 6.32. The van der Waals surface area contributed by atoms with Crippen molar-refractivity contribution in [2.45, 2.75) is 62.4 Å². The molecule has 9 nitrogen and oxygen atoms in total. The molecular weight excluding hydrogens is 523 g/mol. The van der Waals surface area contributed by atoms with Crippen LogP contribution in [0, 0.1) is 11.7 Å². The van der Waals surface area contributed by atoms with Crippen LogP contribution < -0.4 is 16.0 Å². The van der Waals surface area contributed by atoms with E-state index < -0.39 is 46.6 Å². The molecule has 3 heterocycles. The Morgan fingerprint density at radius 3 is 2.68 bits per heavy atom. The Labute approximate surface area is 222 Å². The van der Waals surface area contributed by atoms with Crippen LogP contribution in [-0.4, -0.2) is 51.5 Å². The Balaban J connectivity index is 1.61. The van der Waals surface area contributed by atoms with Gasteiger partial charge in [-0.05, 0) is 51.3 Å². The van der Waals surface area contributed by atoms with Gasteiger partial charge >= 0.3 is 6.09 Å². The Kier molecular flexibility index (Phi) is 8.19. The summed E-state index contributed by atoms with van der Waals surface area (Å²) < 4.78 is 52.1. The van der Waals surface area contributed by atoms with E-state index in [1.165, 1.54) is 30.0 Å². The first kappa shape index (κ1) is 28.1. The van der Waals surface area contributed by atoms with Crippen molar-refractivity contribution in [3.05, 3.63) is 53.4 Å². The zero-order valence-electron chi connectivity index (χ0n) is 21.4. The highest BCUT2D eigenvalue weighted by Crippen LogP contribution is 2.47. The topological polar surface area (TPSA) is 114 Å². The minimum Gasteiger partial charge on any atom is -0.444 e. The van der Waals surface area contributed by atoms with Gasteiger partial charge in [0.05, 0.1) is 24.5 Å². The van der Waals surface area contributed by atoms with E-state index >= 15 is 4.39 Å². The lowest BCUT2D eigenvalue weighted by Gasteiger charge is -2.53. The first-order valence-electron chi connectivity index (χ1n) is 12.1. The maximum Gasteiger partial charge on any atom is 0.409 e. The molecule has 1 aromatic carbocycles. The third kappa shape index (κ3) is 6.21. The van der Waals surface area contributed by atoms with Crippen molar-refractivity contribution in [3.8, 4) is 0 Å². The van der Waals surface area contributed by atoms with Crippen LogP contribution in [0.1, 0.15) is 62.3 Å². The molecule has 2 aliphatic rings. The van der Waals surface area contributed by atoms with Gasteiger partial charge in [0.15, 0.2) is 0 Å². The number of amides is 2. The molecule has 2 aliphatic heterocycles. The first-order valence-corrected chi connectivity index (χ1v) is 13.0. The van der Waals surface area contributed by atoms with E-state index in [1.807, 2.05) is 6.92 Å². The minimum absolute atomic E-state index is 0.0151. The summed E-state index contributed by atoms with van der Waals surface area (Å²) in [6.07, 6.45) is -0.967. The van der Waals surface area contributed by atoms with E-state index in [9.17, 15) is 18.4 Å². The van der Waals surface area contributed by atoms with Crippen LogP contribution in [0.2, 0.25) is 0 Å². The van der Waals surface area contributed by atoms with Gasteiger partial charge in [-0.2, -0.15) is 0 Å². The van der Waals surface area contributed by atoms with Crippen LogP contribution in [0.3, 0.4) is 0 Å². The molecule has 13 heteroatoms. The number of nitrogens with zero attached hydrogens (tertiary/aromatic N) is 2. The molecule has 4 rings (SSSR count). The standard InChI is InChI=1S/C25H30F3N5O4S/c1-13-15-7-8-36-12-25(15,33-22(38-13)32-23(35)37-24(2,3)4)16-9-14(5-6-17(16)26)31-21(34)19-11-29-18(10-30-19)20(27)28/h5-6,9-11,13,15,20,22,33H,7-8,12H2,1-4H3,(H,31,34)(H,32,35)/t13-,15?,22?,25?/m1/s1. The molecule has 2 fully saturated rings. The summed E-state index contributed by atoms with van der Waals surface area (Å²) >= 11 is 1.50. The number of anilines is 1. The van der Waals surface area contributed by atoms with Crippen molar-refractivity contribution >= 4 is 29.4 Å². The first-order chi connectivity index (χ1) is 17.9. The molecule has 0 radical (unpaired) electrons. The van der Waals surface area contributed by atoms with Crippen molar-refractivity contribution < 1.29 is 32.2 Å². The molecule has 0 aliphatic carbocycles. The fraction of sp³-hybridized carbons (Fsp3) is 0.520. The molecular formula is C25H30F3N5O4S. The lowest BCUT2D eigenvalue weighted by Crippen LogP contribution is -2.66. The SMILES string of the molecule is C[C@H]1SC(NC(=O)OC(C)(C)C)NC2(c3cc(NC(=O)c4cnc(C(F)F)cn4)ccc3F)COCCC12. The lowest BCUT2D eigenvalue weighted by atomic mass is 9.73. The number of alkyl halides is 2. The second-order valence-corrected chi connectivity index (χ2v) is 11.7. The number of halogens is 3. The molecule has 1 aromatic heterocycles. The molecule has 2 aromatic rings. The monoisotopic (exact) mass is 553 g/mol. The Morgan fingerprint density at radius 2 is 2.03 bits per heavy atom. The third-order valence-corrected chi connectivity index (χ3v) is 7.59. The highest BCUT2D eigenvalue weighted by molar-refractivity contribution is 8.00. The average molecular weight is 554 g/mol. The molecule has 0 saturated carbocycles. The molecule has 3 N–H and O–H groups in total. The van der Waals surface area contributed by atoms with Gasteiger partial charge in [0.2, 0.25) is 0 Å². The number of rotatable bonds is 5. The number of hydrogen-bond donors (Lipinski definition) is 3. The van der Waals surface area contributed by atoms with Gasteiger partial charge in [-0.1, -0.05) is 6.92 Å². The number of carbonyl (C=O) groups excluding carboxylic acids is 2. The van der Waals surface area contributed by atoms with Crippen molar-refractivity contribution in [3.63, 3.8) is 0 Å². The van der Waals surface area contributed by atoms with Gasteiger partial charge in [-0.15, -0.1) is 11.8 Å². The van der Waals surface area contributed by atoms with Crippen LogP contribution in [0.25, 0.3) is 0 Å². The van der Waals surface area contributed by atoms with Crippen molar-refractivity contribution in [1.82, 2.24) is 20.6 Å². The predicted octanol–water partition coefficient (Wildman–Crippen LogP) is 4.57. The summed E-state index contributed by atoms with van der Waals surface area (Å²) in [5.74, 6) is -1.25. The molecule has 38 heavy (non-hydrogen) atoms. The van der Waals surface area contributed by atoms with Gasteiger partial charge in [0, 0.05) is 23.1 Å². The number of alkyl carbamates (subject to hydrolysis) is 1. The second kappa shape index (κ2) is 11.1. The zero-order chi connectivity index (χ0) is 27.7. The maximum atomic E-state index is 15.4. The fourth-order valence-electron chi connectivity index (χ4n) is 4.71. The van der Waals surface area contributed by atoms with Gasteiger partial charge in [-0.3, -0.25) is 20.4 Å². The van der Waals surface area contributed by atoms with Crippen LogP contribution in [0.4, 0.5) is 23.7 Å². The van der Waals surface area contributed by atoms with Crippen LogP contribution in [0.5, 0.6) is 0 Å². The molecule has 0 bridgehead atoms. The zero-order valence-corrected chi connectivity index (χ0v) is 22.2. The summed E-state index contributed by atoms with van der Waals surface area (Å²) in [6, 6.07) is 4.14. The summed E-state index contributed by atoms with van der Waals surface area (Å²) in [5, 5.41) is 8.83. The van der Waals surface area contributed by atoms with Gasteiger partial charge in [-0.25, -0.2) is 22.9 Å². The summed E-state index contributed by atoms with van der Waals surface area (Å²) in [4.78, 5) is 32.5. The molecule has 3 unspecified atom stereocenters. The minimum atomic E-state index is -2.80. The smallest absolute Gasteiger partial charge is 0.409 e. The van der Waals surface area contributed by atoms with E-state index in [1.54, 1.807) is 20.8 Å². The Morgan fingerprint density at radius 1 is 1.26 bits per heavy atom. The van der Waals surface area contributed by atoms with Gasteiger partial charge in [0.1, 0.15) is 28.3 Å². The van der Waals surface area contributed by atoms with Crippen LogP contribution >= 0.6 is 11.8 Å². The molecule has 4 atom stereocenters. The Hall–Kier alpha value is -2.90. The largest absolute Gasteiger partial charge is 0.444 e. The number of nitrogens with one attached hydrogen (secondary N) is 3. The highest BCUT2D eigenvalue weighted by Gasteiger charge is 2.52. The van der Waals surface area contributed by atoms with Crippen molar-refractivity contribution in [1.29, 1.82) is 0 Å². The number of benzene rings is 1. The number of fused-ring (bicyclic) bond motifs is 1. The van der Waals surface area contributed by atoms with E-state index in [4.69, 9.17) is 9.47 Å². The molecule has 206 valence electrons. The quantitative estimate of drug-likeness (QED) is 0.494.